The van der Waals surface area contributed by atoms with Crippen LogP contribution in [0.2, 0.25) is 10.0 Å². The summed E-state index contributed by atoms with van der Waals surface area (Å²) < 4.78 is 5.33. The molecule has 2 amide bonds. The second kappa shape index (κ2) is 8.22. The van der Waals surface area contributed by atoms with Crippen molar-refractivity contribution in [3.8, 4) is 0 Å². The van der Waals surface area contributed by atoms with Crippen molar-refractivity contribution in [1.29, 1.82) is 0 Å². The lowest BCUT2D eigenvalue weighted by Crippen LogP contribution is -2.57. The first-order valence-corrected chi connectivity index (χ1v) is 12.7. The molecule has 182 valence electrons. The topological polar surface area (TPSA) is 63.7 Å². The molecular weight excluding hydrogens is 544 g/mol. The number of benzene rings is 3. The molecule has 7 rings (SSSR count). The minimum Gasteiger partial charge on any atom is -0.459 e. The molecule has 2 atom stereocenters. The fourth-order valence-electron chi connectivity index (χ4n) is 5.85. The van der Waals surface area contributed by atoms with Gasteiger partial charge in [0.1, 0.15) is 22.9 Å². The van der Waals surface area contributed by atoms with E-state index >= 15 is 0 Å². The van der Waals surface area contributed by atoms with Crippen LogP contribution >= 0.6 is 46.4 Å². The second-order valence-electron chi connectivity index (χ2n) is 9.13. The Kier molecular flexibility index (Phi) is 5.44. The summed E-state index contributed by atoms with van der Waals surface area (Å²) in [6.45, 7) is -0.684. The average Bonchev–Trinajstić information content (AvgIpc) is 3.12. The number of halogens is 4. The highest BCUT2D eigenvalue weighted by Crippen LogP contribution is 2.69. The maximum Gasteiger partial charge on any atom is 0.326 e. The predicted octanol–water partition coefficient (Wildman–Crippen LogP) is 5.63. The van der Waals surface area contributed by atoms with Crippen LogP contribution in [0.25, 0.3) is 0 Å². The molecule has 5 nitrogen and oxygen atoms in total. The molecule has 9 heteroatoms. The van der Waals surface area contributed by atoms with Gasteiger partial charge in [-0.15, -0.1) is 23.2 Å². The Morgan fingerprint density at radius 2 is 1.28 bits per heavy atom. The number of esters is 1. The van der Waals surface area contributed by atoms with E-state index in [-0.39, 0.29) is 6.61 Å². The van der Waals surface area contributed by atoms with Crippen LogP contribution in [0.4, 0.5) is 0 Å². The summed E-state index contributed by atoms with van der Waals surface area (Å²) in [5.74, 6) is -3.78. The van der Waals surface area contributed by atoms with Gasteiger partial charge in [-0.2, -0.15) is 0 Å². The SMILES string of the molecule is O=C(CN1C(=O)[C@H]2[C@H](C1=O)C1(Cl)c3ccccc3C2(Cl)c2ccccc21)OCc1ccc(Cl)cc1Cl. The lowest BCUT2D eigenvalue weighted by Gasteiger charge is -2.54. The third-order valence-electron chi connectivity index (χ3n) is 7.37. The summed E-state index contributed by atoms with van der Waals surface area (Å²) in [7, 11) is 0. The summed E-state index contributed by atoms with van der Waals surface area (Å²) in [5.41, 5.74) is 3.34. The molecule has 0 radical (unpaired) electrons. The monoisotopic (exact) mass is 559 g/mol. The fourth-order valence-corrected chi connectivity index (χ4v) is 7.41. The van der Waals surface area contributed by atoms with E-state index in [4.69, 9.17) is 51.1 Å². The third-order valence-corrected chi connectivity index (χ3v) is 9.24. The molecule has 3 aromatic carbocycles. The number of hydrogen-bond donors (Lipinski definition) is 0. The maximum atomic E-state index is 13.7. The predicted molar refractivity (Wildman–Crippen MR) is 136 cm³/mol. The van der Waals surface area contributed by atoms with Crippen LogP contribution in [-0.4, -0.2) is 29.2 Å². The molecule has 4 aliphatic rings. The van der Waals surface area contributed by atoms with Crippen molar-refractivity contribution in [1.82, 2.24) is 4.90 Å². The molecular formula is C27H17Cl4NO4. The van der Waals surface area contributed by atoms with E-state index in [1.165, 1.54) is 6.07 Å². The molecule has 0 unspecified atom stereocenters. The number of hydrogen-bond acceptors (Lipinski definition) is 4. The highest BCUT2D eigenvalue weighted by Gasteiger charge is 2.73. The van der Waals surface area contributed by atoms with Gasteiger partial charge in [0.2, 0.25) is 11.8 Å². The highest BCUT2D eigenvalue weighted by atomic mass is 35.5. The van der Waals surface area contributed by atoms with Crippen LogP contribution in [0.5, 0.6) is 0 Å². The number of rotatable bonds is 4. The Balaban J connectivity index is 1.34. The Labute approximate surface area is 226 Å². The van der Waals surface area contributed by atoms with E-state index < -0.39 is 45.9 Å². The van der Waals surface area contributed by atoms with E-state index in [9.17, 15) is 14.4 Å². The van der Waals surface area contributed by atoms with Crippen molar-refractivity contribution >= 4 is 64.2 Å². The smallest absolute Gasteiger partial charge is 0.326 e. The first-order valence-electron chi connectivity index (χ1n) is 11.2. The summed E-state index contributed by atoms with van der Waals surface area (Å²) in [5, 5.41) is 0.794. The number of carbonyl (C=O) groups excluding carboxylic acids is 3. The first kappa shape index (κ1) is 23.8. The zero-order valence-corrected chi connectivity index (χ0v) is 21.5. The third kappa shape index (κ3) is 3.07. The number of ether oxygens (including phenoxy) is 1. The van der Waals surface area contributed by atoms with Crippen molar-refractivity contribution in [2.45, 2.75) is 16.4 Å². The first-order chi connectivity index (χ1) is 17.2. The molecule has 36 heavy (non-hydrogen) atoms. The van der Waals surface area contributed by atoms with Gasteiger partial charge < -0.3 is 4.74 Å². The Bertz CT molecular complexity index is 1350. The summed E-state index contributed by atoms with van der Waals surface area (Å²) in [4.78, 5) is 38.5. The average molecular weight is 561 g/mol. The molecule has 1 saturated heterocycles. The Morgan fingerprint density at radius 1 is 0.806 bits per heavy atom. The van der Waals surface area contributed by atoms with Crippen molar-refractivity contribution in [2.24, 2.45) is 11.8 Å². The standard InChI is InChI=1S/C27H17Cl4NO4/c28-15-10-9-14(20(29)11-15)13-36-21(33)12-32-24(34)22-23(25(32)35)27(31)17-6-2-1-5-16(17)26(22,30)18-7-3-4-8-19(18)27/h1-11,22-23H,12-13H2/t22-,23-,26?,27?/m1/s1. The summed E-state index contributed by atoms with van der Waals surface area (Å²) >= 11 is 26.8. The van der Waals surface area contributed by atoms with Crippen molar-refractivity contribution in [3.05, 3.63) is 105 Å². The van der Waals surface area contributed by atoms with Crippen LogP contribution in [0.15, 0.2) is 66.7 Å². The Morgan fingerprint density at radius 3 is 1.72 bits per heavy atom. The number of likely N-dealkylation sites (tertiary alicyclic amines) is 1. The minimum absolute atomic E-state index is 0.131. The van der Waals surface area contributed by atoms with E-state index in [1.807, 2.05) is 48.5 Å². The highest BCUT2D eigenvalue weighted by molar-refractivity contribution is 6.36. The maximum absolute atomic E-state index is 13.7. The summed E-state index contributed by atoms with van der Waals surface area (Å²) in [6, 6.07) is 19.5. The molecule has 0 saturated carbocycles. The van der Waals surface area contributed by atoms with Crippen LogP contribution in [0.3, 0.4) is 0 Å². The molecule has 1 heterocycles. The number of amides is 2. The van der Waals surface area contributed by atoms with Crippen molar-refractivity contribution in [3.63, 3.8) is 0 Å². The zero-order valence-electron chi connectivity index (χ0n) is 18.5. The van der Waals surface area contributed by atoms with Gasteiger partial charge in [-0.05, 0) is 34.4 Å². The molecule has 0 N–H and O–H groups in total. The van der Waals surface area contributed by atoms with Crippen molar-refractivity contribution in [2.75, 3.05) is 6.54 Å². The van der Waals surface area contributed by atoms with Gasteiger partial charge >= 0.3 is 5.97 Å². The van der Waals surface area contributed by atoms with Crippen LogP contribution < -0.4 is 0 Å². The number of alkyl halides is 2. The van der Waals surface area contributed by atoms with Crippen LogP contribution in [0, 0.1) is 11.8 Å². The number of imide groups is 1. The van der Waals surface area contributed by atoms with Gasteiger partial charge in [0.05, 0.1) is 11.8 Å². The van der Waals surface area contributed by atoms with E-state index in [0.717, 1.165) is 4.90 Å². The van der Waals surface area contributed by atoms with E-state index in [0.29, 0.717) is 37.9 Å². The van der Waals surface area contributed by atoms with Gasteiger partial charge in [0.25, 0.3) is 0 Å². The van der Waals surface area contributed by atoms with E-state index in [2.05, 4.69) is 0 Å². The molecule has 0 aromatic heterocycles. The molecule has 0 spiro atoms. The van der Waals surface area contributed by atoms with E-state index in [1.54, 1.807) is 12.1 Å². The number of carbonyl (C=O) groups is 3. The number of nitrogens with zero attached hydrogens (tertiary/aromatic N) is 1. The molecule has 2 bridgehead atoms. The van der Waals surface area contributed by atoms with Gasteiger partial charge in [0.15, 0.2) is 0 Å². The lowest BCUT2D eigenvalue weighted by molar-refractivity contribution is -0.153. The van der Waals surface area contributed by atoms with Crippen molar-refractivity contribution < 1.29 is 19.1 Å². The Hall–Kier alpha value is -2.57. The van der Waals surface area contributed by atoms with Gasteiger partial charge in [0, 0.05) is 15.6 Å². The molecule has 1 aliphatic heterocycles. The van der Waals surface area contributed by atoms with Crippen LogP contribution in [0.1, 0.15) is 27.8 Å². The molecule has 3 aromatic rings. The normalized spacial score (nSPS) is 27.5. The van der Waals surface area contributed by atoms with Gasteiger partial charge in [-0.25, -0.2) is 0 Å². The molecule has 1 fully saturated rings. The zero-order chi connectivity index (χ0) is 25.4. The molecule has 3 aliphatic carbocycles. The summed E-state index contributed by atoms with van der Waals surface area (Å²) in [6.07, 6.45) is 0. The quantitative estimate of drug-likeness (QED) is 0.236. The van der Waals surface area contributed by atoms with Crippen LogP contribution in [-0.2, 0) is 35.5 Å². The lowest BCUT2D eigenvalue weighted by atomic mass is 9.54. The fraction of sp³-hybridized carbons (Fsp3) is 0.222. The van der Waals surface area contributed by atoms with Gasteiger partial charge in [-0.1, -0.05) is 77.8 Å². The second-order valence-corrected chi connectivity index (χ2v) is 11.2. The largest absolute Gasteiger partial charge is 0.459 e. The minimum atomic E-state index is -1.29. The van der Waals surface area contributed by atoms with Gasteiger partial charge in [-0.3, -0.25) is 19.3 Å².